The van der Waals surface area contributed by atoms with Crippen LogP contribution in [0.3, 0.4) is 0 Å². The predicted octanol–water partition coefficient (Wildman–Crippen LogP) is 2.08. The summed E-state index contributed by atoms with van der Waals surface area (Å²) in [6.45, 7) is 4.11. The number of anilines is 1. The Hall–Kier alpha value is -2.10. The SMILES string of the molecule is Cc1nc([C@@H]2CCCN2S(=O)(=O)N(C)C)nc2c1CCCN2Cc1ccccn1. The average molecular weight is 417 g/mol. The second kappa shape index (κ2) is 7.97. The van der Waals surface area contributed by atoms with Gasteiger partial charge in [-0.15, -0.1) is 0 Å². The van der Waals surface area contributed by atoms with Gasteiger partial charge in [0, 0.05) is 44.6 Å². The molecule has 4 heterocycles. The van der Waals surface area contributed by atoms with Crippen molar-refractivity contribution < 1.29 is 8.42 Å². The number of hydrogen-bond donors (Lipinski definition) is 0. The number of aryl methyl sites for hydroxylation is 1. The summed E-state index contributed by atoms with van der Waals surface area (Å²) >= 11 is 0. The van der Waals surface area contributed by atoms with Gasteiger partial charge < -0.3 is 4.90 Å². The van der Waals surface area contributed by atoms with E-state index in [1.807, 2.05) is 25.1 Å². The van der Waals surface area contributed by atoms with Gasteiger partial charge in [0.2, 0.25) is 0 Å². The summed E-state index contributed by atoms with van der Waals surface area (Å²) in [5, 5.41) is 0. The van der Waals surface area contributed by atoms with Gasteiger partial charge in [-0.05, 0) is 44.7 Å². The van der Waals surface area contributed by atoms with Gasteiger partial charge in [0.05, 0.1) is 18.3 Å². The summed E-state index contributed by atoms with van der Waals surface area (Å²) < 4.78 is 28.4. The molecule has 29 heavy (non-hydrogen) atoms. The zero-order valence-corrected chi connectivity index (χ0v) is 18.1. The molecule has 0 unspecified atom stereocenters. The van der Waals surface area contributed by atoms with Crippen molar-refractivity contribution in [3.8, 4) is 0 Å². The Kier molecular flexibility index (Phi) is 5.54. The largest absolute Gasteiger partial charge is 0.350 e. The summed E-state index contributed by atoms with van der Waals surface area (Å²) in [6, 6.07) is 5.61. The van der Waals surface area contributed by atoms with E-state index in [0.29, 0.717) is 18.9 Å². The van der Waals surface area contributed by atoms with Crippen molar-refractivity contribution in [2.45, 2.75) is 45.2 Å². The lowest BCUT2D eigenvalue weighted by atomic mass is 10.0. The molecule has 0 aliphatic carbocycles. The molecule has 0 spiro atoms. The minimum atomic E-state index is -3.51. The van der Waals surface area contributed by atoms with Gasteiger partial charge in [0.15, 0.2) is 0 Å². The fourth-order valence-corrected chi connectivity index (χ4v) is 5.48. The van der Waals surface area contributed by atoms with E-state index in [2.05, 4.69) is 9.88 Å². The summed E-state index contributed by atoms with van der Waals surface area (Å²) in [5.74, 6) is 1.54. The van der Waals surface area contributed by atoms with Crippen molar-refractivity contribution in [3.05, 3.63) is 47.2 Å². The average Bonchev–Trinajstić information content (AvgIpc) is 3.20. The zero-order valence-electron chi connectivity index (χ0n) is 17.2. The molecule has 2 aromatic rings. The molecule has 4 rings (SSSR count). The molecule has 1 atom stereocenters. The first-order chi connectivity index (χ1) is 13.9. The third kappa shape index (κ3) is 3.86. The third-order valence-electron chi connectivity index (χ3n) is 5.70. The highest BCUT2D eigenvalue weighted by Crippen LogP contribution is 2.36. The van der Waals surface area contributed by atoms with Crippen LogP contribution in [0.5, 0.6) is 0 Å². The standard InChI is InChI=1S/C20H28N6O2S/c1-15-17-9-6-12-25(14-16-8-4-5-11-21-16)20(17)23-19(22-15)18-10-7-13-26(18)29(27,28)24(2)3/h4-5,8,11,18H,6-7,9-10,12-14H2,1-3H3/t18-/m0/s1. The predicted molar refractivity (Wildman–Crippen MR) is 112 cm³/mol. The van der Waals surface area contributed by atoms with Crippen LogP contribution in [-0.4, -0.2) is 59.2 Å². The smallest absolute Gasteiger partial charge is 0.282 e. The Morgan fingerprint density at radius 1 is 1.17 bits per heavy atom. The molecule has 0 aromatic carbocycles. The molecule has 1 fully saturated rings. The Balaban J connectivity index is 1.70. The van der Waals surface area contributed by atoms with Crippen molar-refractivity contribution in [2.24, 2.45) is 0 Å². The van der Waals surface area contributed by atoms with Crippen LogP contribution in [0.15, 0.2) is 24.4 Å². The summed E-state index contributed by atoms with van der Waals surface area (Å²) in [4.78, 5) is 16.4. The van der Waals surface area contributed by atoms with Crippen LogP contribution in [-0.2, 0) is 23.2 Å². The van der Waals surface area contributed by atoms with Gasteiger partial charge in [-0.1, -0.05) is 6.07 Å². The number of hydrogen-bond acceptors (Lipinski definition) is 6. The van der Waals surface area contributed by atoms with Gasteiger partial charge >= 0.3 is 0 Å². The fourth-order valence-electron chi connectivity index (χ4n) is 4.18. The molecule has 8 nitrogen and oxygen atoms in total. The quantitative estimate of drug-likeness (QED) is 0.742. The highest BCUT2D eigenvalue weighted by atomic mass is 32.2. The maximum atomic E-state index is 12.8. The molecule has 0 bridgehead atoms. The van der Waals surface area contributed by atoms with E-state index < -0.39 is 10.2 Å². The van der Waals surface area contributed by atoms with Crippen LogP contribution in [0.25, 0.3) is 0 Å². The van der Waals surface area contributed by atoms with Crippen LogP contribution in [0.4, 0.5) is 5.82 Å². The highest BCUT2D eigenvalue weighted by molar-refractivity contribution is 7.86. The minimum absolute atomic E-state index is 0.315. The Morgan fingerprint density at radius 3 is 2.72 bits per heavy atom. The molecule has 156 valence electrons. The monoisotopic (exact) mass is 416 g/mol. The first-order valence-electron chi connectivity index (χ1n) is 10.1. The number of fused-ring (bicyclic) bond motifs is 1. The molecule has 2 aliphatic heterocycles. The van der Waals surface area contributed by atoms with E-state index in [0.717, 1.165) is 55.0 Å². The number of pyridine rings is 1. The van der Waals surface area contributed by atoms with E-state index in [1.165, 1.54) is 4.31 Å². The van der Waals surface area contributed by atoms with Crippen LogP contribution < -0.4 is 4.90 Å². The first-order valence-corrected chi connectivity index (χ1v) is 11.5. The molecule has 0 N–H and O–H groups in total. The van der Waals surface area contributed by atoms with Crippen molar-refractivity contribution in [2.75, 3.05) is 32.1 Å². The highest BCUT2D eigenvalue weighted by Gasteiger charge is 2.39. The Bertz CT molecular complexity index is 980. The van der Waals surface area contributed by atoms with E-state index >= 15 is 0 Å². The van der Waals surface area contributed by atoms with Gasteiger partial charge in [0.1, 0.15) is 11.6 Å². The van der Waals surface area contributed by atoms with E-state index in [4.69, 9.17) is 9.97 Å². The van der Waals surface area contributed by atoms with Crippen LogP contribution >= 0.6 is 0 Å². The van der Waals surface area contributed by atoms with E-state index in [-0.39, 0.29) is 6.04 Å². The van der Waals surface area contributed by atoms with Crippen molar-refractivity contribution in [1.82, 2.24) is 23.6 Å². The Labute approximate surface area is 172 Å². The molecule has 0 radical (unpaired) electrons. The lowest BCUT2D eigenvalue weighted by Gasteiger charge is -2.32. The summed E-state index contributed by atoms with van der Waals surface area (Å²) in [6.07, 6.45) is 5.36. The molecule has 0 saturated carbocycles. The molecule has 0 amide bonds. The van der Waals surface area contributed by atoms with E-state index in [9.17, 15) is 8.42 Å². The Morgan fingerprint density at radius 2 is 2.00 bits per heavy atom. The van der Waals surface area contributed by atoms with Crippen LogP contribution in [0.2, 0.25) is 0 Å². The zero-order chi connectivity index (χ0) is 20.6. The third-order valence-corrected chi connectivity index (χ3v) is 7.65. The second-order valence-electron chi connectivity index (χ2n) is 7.87. The maximum absolute atomic E-state index is 12.8. The van der Waals surface area contributed by atoms with Gasteiger partial charge in [0.25, 0.3) is 10.2 Å². The summed E-state index contributed by atoms with van der Waals surface area (Å²) in [5.41, 5.74) is 3.11. The van der Waals surface area contributed by atoms with Crippen LogP contribution in [0, 0.1) is 6.92 Å². The molecule has 2 aliphatic rings. The van der Waals surface area contributed by atoms with Crippen molar-refractivity contribution in [1.29, 1.82) is 0 Å². The maximum Gasteiger partial charge on any atom is 0.282 e. The molecular weight excluding hydrogens is 388 g/mol. The normalized spacial score (nSPS) is 20.3. The second-order valence-corrected chi connectivity index (χ2v) is 9.97. The minimum Gasteiger partial charge on any atom is -0.350 e. The fraction of sp³-hybridized carbons (Fsp3) is 0.550. The molecule has 1 saturated heterocycles. The van der Waals surface area contributed by atoms with Gasteiger partial charge in [-0.2, -0.15) is 17.0 Å². The van der Waals surface area contributed by atoms with E-state index in [1.54, 1.807) is 24.6 Å². The van der Waals surface area contributed by atoms with Crippen molar-refractivity contribution >= 4 is 16.0 Å². The topological polar surface area (TPSA) is 82.5 Å². The molecule has 9 heteroatoms. The van der Waals surface area contributed by atoms with Crippen LogP contribution in [0.1, 0.15) is 48.1 Å². The van der Waals surface area contributed by atoms with Gasteiger partial charge in [-0.25, -0.2) is 9.97 Å². The summed E-state index contributed by atoms with van der Waals surface area (Å²) in [7, 11) is -0.372. The lowest BCUT2D eigenvalue weighted by molar-refractivity contribution is 0.352. The van der Waals surface area contributed by atoms with Crippen molar-refractivity contribution in [3.63, 3.8) is 0 Å². The number of aromatic nitrogens is 3. The van der Waals surface area contributed by atoms with Gasteiger partial charge in [-0.3, -0.25) is 4.98 Å². The number of rotatable bonds is 5. The number of nitrogens with zero attached hydrogens (tertiary/aromatic N) is 6. The molecule has 2 aromatic heterocycles. The first kappa shape index (κ1) is 20.2. The molecular formula is C20H28N6O2S. The lowest BCUT2D eigenvalue weighted by Crippen LogP contribution is -2.40.